The minimum Gasteiger partial charge on any atom is -0.352 e. The second-order valence-corrected chi connectivity index (χ2v) is 9.72. The van der Waals surface area contributed by atoms with E-state index in [1.165, 1.54) is 11.1 Å². The maximum Gasteiger partial charge on any atom is 0.251 e. The molecule has 0 radical (unpaired) electrons. The average Bonchev–Trinajstić information content (AvgIpc) is 3.24. The van der Waals surface area contributed by atoms with Crippen molar-refractivity contribution in [3.8, 4) is 5.69 Å². The van der Waals surface area contributed by atoms with E-state index >= 15 is 0 Å². The van der Waals surface area contributed by atoms with Crippen molar-refractivity contribution in [2.45, 2.75) is 38.1 Å². The van der Waals surface area contributed by atoms with Gasteiger partial charge in [0.1, 0.15) is 5.82 Å². The van der Waals surface area contributed by atoms with Crippen molar-refractivity contribution in [1.82, 2.24) is 20.1 Å². The van der Waals surface area contributed by atoms with Gasteiger partial charge in [-0.05, 0) is 47.7 Å². The van der Waals surface area contributed by atoms with Gasteiger partial charge in [0.05, 0.1) is 5.69 Å². The van der Waals surface area contributed by atoms with Crippen LogP contribution in [0, 0.1) is 12.8 Å². The number of carbonyl (C=O) groups is 1. The summed E-state index contributed by atoms with van der Waals surface area (Å²) in [5, 5.41) is 12.9. The second-order valence-electron chi connectivity index (χ2n) is 8.77. The van der Waals surface area contributed by atoms with E-state index in [1.54, 1.807) is 11.8 Å². The highest BCUT2D eigenvalue weighted by Crippen LogP contribution is 2.28. The van der Waals surface area contributed by atoms with Gasteiger partial charge in [-0.3, -0.25) is 9.36 Å². The molecule has 0 saturated carbocycles. The molecular formula is C28H30N4OS. The number of carbonyl (C=O) groups excluding carboxylic acids is 1. The standard InChI is InChI=1S/C28H30N4OS/c1-20(2)18-29-27(33)24-15-13-23(14-16-24)19-34-28-31-30-26(17-22-10-5-4-6-11-22)32(28)25-12-8-7-9-21(25)3/h4-16,20H,17-19H2,1-3H3,(H,29,33). The molecule has 0 atom stereocenters. The van der Waals surface area contributed by atoms with Crippen molar-refractivity contribution < 1.29 is 4.79 Å². The highest BCUT2D eigenvalue weighted by atomic mass is 32.2. The van der Waals surface area contributed by atoms with Crippen molar-refractivity contribution in [1.29, 1.82) is 0 Å². The van der Waals surface area contributed by atoms with E-state index in [1.807, 2.05) is 54.6 Å². The lowest BCUT2D eigenvalue weighted by Crippen LogP contribution is -2.27. The molecule has 1 aromatic heterocycles. The molecule has 0 spiro atoms. The molecule has 4 aromatic rings. The molecule has 34 heavy (non-hydrogen) atoms. The number of hydrogen-bond acceptors (Lipinski definition) is 4. The smallest absolute Gasteiger partial charge is 0.251 e. The first kappa shape index (κ1) is 23.8. The highest BCUT2D eigenvalue weighted by Gasteiger charge is 2.16. The number of rotatable bonds is 9. The fourth-order valence-corrected chi connectivity index (χ4v) is 4.56. The van der Waals surface area contributed by atoms with Crippen LogP contribution in [0.4, 0.5) is 0 Å². The lowest BCUT2D eigenvalue weighted by molar-refractivity contribution is 0.0949. The zero-order valence-corrected chi connectivity index (χ0v) is 20.7. The largest absolute Gasteiger partial charge is 0.352 e. The first-order chi connectivity index (χ1) is 16.5. The summed E-state index contributed by atoms with van der Waals surface area (Å²) in [6.07, 6.45) is 0.711. The van der Waals surface area contributed by atoms with Crippen LogP contribution in [-0.2, 0) is 12.2 Å². The van der Waals surface area contributed by atoms with Gasteiger partial charge in [-0.2, -0.15) is 0 Å². The van der Waals surface area contributed by atoms with Crippen LogP contribution in [0.25, 0.3) is 5.69 Å². The SMILES string of the molecule is Cc1ccccc1-n1c(Cc2ccccc2)nnc1SCc1ccc(C(=O)NCC(C)C)cc1. The van der Waals surface area contributed by atoms with Crippen LogP contribution in [0.3, 0.4) is 0 Å². The summed E-state index contributed by atoms with van der Waals surface area (Å²) < 4.78 is 2.17. The molecule has 4 rings (SSSR count). The molecule has 0 bridgehead atoms. The van der Waals surface area contributed by atoms with E-state index in [4.69, 9.17) is 0 Å². The van der Waals surface area contributed by atoms with Crippen LogP contribution in [0.2, 0.25) is 0 Å². The van der Waals surface area contributed by atoms with E-state index < -0.39 is 0 Å². The molecule has 0 saturated heterocycles. The number of amides is 1. The van der Waals surface area contributed by atoms with E-state index in [2.05, 4.69) is 65.1 Å². The highest BCUT2D eigenvalue weighted by molar-refractivity contribution is 7.98. The Hall–Kier alpha value is -3.38. The van der Waals surface area contributed by atoms with Crippen molar-refractivity contribution in [3.05, 3.63) is 107 Å². The number of nitrogens with one attached hydrogen (secondary N) is 1. The van der Waals surface area contributed by atoms with Gasteiger partial charge < -0.3 is 5.32 Å². The molecule has 1 N–H and O–H groups in total. The fraction of sp³-hybridized carbons (Fsp3) is 0.250. The normalized spacial score (nSPS) is 11.1. The van der Waals surface area contributed by atoms with Crippen LogP contribution in [0.5, 0.6) is 0 Å². The average molecular weight is 471 g/mol. The summed E-state index contributed by atoms with van der Waals surface area (Å²) in [6, 6.07) is 26.5. The first-order valence-electron chi connectivity index (χ1n) is 11.6. The number of hydrogen-bond donors (Lipinski definition) is 1. The summed E-state index contributed by atoms with van der Waals surface area (Å²) in [5.74, 6) is 2.05. The molecular weight excluding hydrogens is 440 g/mol. The second kappa shape index (κ2) is 11.2. The third kappa shape index (κ3) is 5.94. The number of benzene rings is 3. The molecule has 0 aliphatic carbocycles. The Balaban J connectivity index is 1.53. The third-order valence-electron chi connectivity index (χ3n) is 5.52. The summed E-state index contributed by atoms with van der Waals surface area (Å²) in [6.45, 7) is 6.96. The Morgan fingerprint density at radius 2 is 1.62 bits per heavy atom. The Kier molecular flexibility index (Phi) is 7.80. The van der Waals surface area contributed by atoms with Crippen LogP contribution < -0.4 is 5.32 Å². The van der Waals surface area contributed by atoms with E-state index in [0.29, 0.717) is 24.4 Å². The van der Waals surface area contributed by atoms with E-state index in [-0.39, 0.29) is 5.91 Å². The van der Waals surface area contributed by atoms with E-state index in [9.17, 15) is 4.79 Å². The number of nitrogens with zero attached hydrogens (tertiary/aromatic N) is 3. The molecule has 0 aliphatic heterocycles. The van der Waals surface area contributed by atoms with Gasteiger partial charge in [-0.15, -0.1) is 10.2 Å². The predicted octanol–water partition coefficient (Wildman–Crippen LogP) is 5.84. The quantitative estimate of drug-likeness (QED) is 0.312. The van der Waals surface area contributed by atoms with Gasteiger partial charge in [0, 0.05) is 24.3 Å². The molecule has 0 unspecified atom stereocenters. The molecule has 5 nitrogen and oxygen atoms in total. The first-order valence-corrected chi connectivity index (χ1v) is 12.5. The third-order valence-corrected chi connectivity index (χ3v) is 6.52. The topological polar surface area (TPSA) is 59.8 Å². The van der Waals surface area contributed by atoms with Gasteiger partial charge in [0.25, 0.3) is 5.91 Å². The molecule has 6 heteroatoms. The van der Waals surface area contributed by atoms with Gasteiger partial charge in [-0.25, -0.2) is 0 Å². The monoisotopic (exact) mass is 470 g/mol. The van der Waals surface area contributed by atoms with Gasteiger partial charge in [0.2, 0.25) is 0 Å². The minimum atomic E-state index is -0.0299. The van der Waals surface area contributed by atoms with Crippen LogP contribution in [0.15, 0.2) is 84.0 Å². The van der Waals surface area contributed by atoms with Gasteiger partial charge >= 0.3 is 0 Å². The summed E-state index contributed by atoms with van der Waals surface area (Å²) >= 11 is 1.65. The number of para-hydroxylation sites is 1. The molecule has 174 valence electrons. The zero-order valence-electron chi connectivity index (χ0n) is 19.9. The van der Waals surface area contributed by atoms with E-state index in [0.717, 1.165) is 28.0 Å². The minimum absolute atomic E-state index is 0.0299. The maximum atomic E-state index is 12.3. The fourth-order valence-electron chi connectivity index (χ4n) is 3.64. The Labute approximate surface area is 205 Å². The molecule has 1 heterocycles. The predicted molar refractivity (Wildman–Crippen MR) is 139 cm³/mol. The van der Waals surface area contributed by atoms with Gasteiger partial charge in [0.15, 0.2) is 5.16 Å². The summed E-state index contributed by atoms with van der Waals surface area (Å²) in [7, 11) is 0. The van der Waals surface area contributed by atoms with Crippen LogP contribution in [0.1, 0.15) is 46.7 Å². The molecule has 0 aliphatic rings. The lowest BCUT2D eigenvalue weighted by Gasteiger charge is -2.13. The Morgan fingerprint density at radius 3 is 2.32 bits per heavy atom. The Morgan fingerprint density at radius 1 is 0.912 bits per heavy atom. The summed E-state index contributed by atoms with van der Waals surface area (Å²) in [4.78, 5) is 12.3. The van der Waals surface area contributed by atoms with Crippen molar-refractivity contribution in [2.75, 3.05) is 6.54 Å². The Bertz CT molecular complexity index is 1230. The number of thioether (sulfide) groups is 1. The molecule has 3 aromatic carbocycles. The summed E-state index contributed by atoms with van der Waals surface area (Å²) in [5.41, 5.74) is 5.29. The number of aryl methyl sites for hydroxylation is 1. The van der Waals surface area contributed by atoms with Crippen LogP contribution in [-0.4, -0.2) is 27.2 Å². The van der Waals surface area contributed by atoms with Gasteiger partial charge in [-0.1, -0.05) is 86.3 Å². The lowest BCUT2D eigenvalue weighted by atomic mass is 10.1. The molecule has 1 amide bonds. The number of aromatic nitrogens is 3. The maximum absolute atomic E-state index is 12.3. The van der Waals surface area contributed by atoms with Crippen molar-refractivity contribution in [2.24, 2.45) is 5.92 Å². The van der Waals surface area contributed by atoms with Crippen molar-refractivity contribution in [3.63, 3.8) is 0 Å². The molecule has 0 fully saturated rings. The van der Waals surface area contributed by atoms with Crippen LogP contribution >= 0.6 is 11.8 Å². The zero-order chi connectivity index (χ0) is 23.9. The van der Waals surface area contributed by atoms with Crippen molar-refractivity contribution >= 4 is 17.7 Å².